The number of thiophene rings is 1. The monoisotopic (exact) mass is 319 g/mol. The van der Waals surface area contributed by atoms with E-state index in [4.69, 9.17) is 0 Å². The number of nitrogens with one attached hydrogen (secondary N) is 2. The van der Waals surface area contributed by atoms with E-state index in [2.05, 4.69) is 10.6 Å². The first-order valence-electron chi connectivity index (χ1n) is 6.85. The van der Waals surface area contributed by atoms with E-state index in [-0.39, 0.29) is 18.0 Å². The Labute approximate surface area is 132 Å². The molecule has 22 heavy (non-hydrogen) atoms. The van der Waals surface area contributed by atoms with Crippen LogP contribution >= 0.6 is 11.3 Å². The molecule has 0 radical (unpaired) electrons. The standard InChI is InChI=1S/C15H17N3O3S/c1-11-7-9-22-14(11)10-17-15(19)6-8-16-12-4-2-3-5-13(12)18(20)21/h2-5,7,9,16H,6,8,10H2,1H3,(H,17,19). The second-order valence-electron chi connectivity index (χ2n) is 4.75. The third-order valence-corrected chi connectivity index (χ3v) is 4.21. The van der Waals surface area contributed by atoms with E-state index >= 15 is 0 Å². The molecule has 1 amide bonds. The summed E-state index contributed by atoms with van der Waals surface area (Å²) < 4.78 is 0. The number of carbonyl (C=O) groups is 1. The topological polar surface area (TPSA) is 84.3 Å². The van der Waals surface area contributed by atoms with Gasteiger partial charge < -0.3 is 10.6 Å². The molecule has 0 fully saturated rings. The van der Waals surface area contributed by atoms with Crippen LogP contribution in [0.15, 0.2) is 35.7 Å². The molecule has 0 spiro atoms. The predicted molar refractivity (Wildman–Crippen MR) is 87.1 cm³/mol. The van der Waals surface area contributed by atoms with Crippen molar-refractivity contribution in [3.63, 3.8) is 0 Å². The third-order valence-electron chi connectivity index (χ3n) is 3.18. The Morgan fingerprint density at radius 1 is 1.32 bits per heavy atom. The molecule has 0 unspecified atom stereocenters. The number of nitro groups is 1. The third kappa shape index (κ3) is 4.29. The molecule has 1 aromatic carbocycles. The number of benzene rings is 1. The van der Waals surface area contributed by atoms with Gasteiger partial charge in [0, 0.05) is 23.9 Å². The highest BCUT2D eigenvalue weighted by Gasteiger charge is 2.12. The smallest absolute Gasteiger partial charge is 0.292 e. The molecule has 0 aliphatic carbocycles. The lowest BCUT2D eigenvalue weighted by atomic mass is 10.2. The van der Waals surface area contributed by atoms with Gasteiger partial charge in [-0.2, -0.15) is 0 Å². The van der Waals surface area contributed by atoms with Crippen molar-refractivity contribution >= 4 is 28.6 Å². The van der Waals surface area contributed by atoms with Crippen LogP contribution in [0.4, 0.5) is 11.4 Å². The summed E-state index contributed by atoms with van der Waals surface area (Å²) in [7, 11) is 0. The highest BCUT2D eigenvalue weighted by atomic mass is 32.1. The van der Waals surface area contributed by atoms with Crippen molar-refractivity contribution < 1.29 is 9.72 Å². The number of carbonyl (C=O) groups excluding carboxylic acids is 1. The number of amides is 1. The van der Waals surface area contributed by atoms with Gasteiger partial charge in [-0.25, -0.2) is 0 Å². The lowest BCUT2D eigenvalue weighted by Gasteiger charge is -2.07. The van der Waals surface area contributed by atoms with Gasteiger partial charge in [-0.1, -0.05) is 12.1 Å². The molecule has 0 aliphatic rings. The van der Waals surface area contributed by atoms with E-state index in [1.54, 1.807) is 29.5 Å². The zero-order valence-electron chi connectivity index (χ0n) is 12.2. The van der Waals surface area contributed by atoms with Crippen LogP contribution in [-0.2, 0) is 11.3 Å². The molecule has 2 N–H and O–H groups in total. The molecule has 116 valence electrons. The van der Waals surface area contributed by atoms with Crippen molar-refractivity contribution in [1.29, 1.82) is 0 Å². The summed E-state index contributed by atoms with van der Waals surface area (Å²) in [5.41, 5.74) is 1.61. The van der Waals surface area contributed by atoms with E-state index in [0.29, 0.717) is 18.8 Å². The lowest BCUT2D eigenvalue weighted by Crippen LogP contribution is -2.24. The average molecular weight is 319 g/mol. The van der Waals surface area contributed by atoms with Crippen molar-refractivity contribution in [3.8, 4) is 0 Å². The maximum atomic E-state index is 11.8. The van der Waals surface area contributed by atoms with Gasteiger partial charge >= 0.3 is 0 Å². The molecule has 0 saturated heterocycles. The second kappa shape index (κ2) is 7.56. The van der Waals surface area contributed by atoms with Gasteiger partial charge in [-0.15, -0.1) is 11.3 Å². The molecule has 0 aliphatic heterocycles. The van der Waals surface area contributed by atoms with Crippen molar-refractivity contribution in [2.24, 2.45) is 0 Å². The van der Waals surface area contributed by atoms with Gasteiger partial charge in [-0.3, -0.25) is 14.9 Å². The van der Waals surface area contributed by atoms with Crippen LogP contribution in [-0.4, -0.2) is 17.4 Å². The predicted octanol–water partition coefficient (Wildman–Crippen LogP) is 3.08. The Bertz CT molecular complexity index is 670. The number of hydrogen-bond donors (Lipinski definition) is 2. The highest BCUT2D eigenvalue weighted by Crippen LogP contribution is 2.22. The Morgan fingerprint density at radius 3 is 2.77 bits per heavy atom. The fraction of sp³-hybridized carbons (Fsp3) is 0.267. The number of para-hydroxylation sites is 2. The van der Waals surface area contributed by atoms with Crippen molar-refractivity contribution in [1.82, 2.24) is 5.32 Å². The zero-order valence-corrected chi connectivity index (χ0v) is 13.0. The summed E-state index contributed by atoms with van der Waals surface area (Å²) in [6.45, 7) is 2.88. The van der Waals surface area contributed by atoms with Gasteiger partial charge in [0.2, 0.25) is 5.91 Å². The van der Waals surface area contributed by atoms with Crippen LogP contribution in [0.1, 0.15) is 16.9 Å². The summed E-state index contributed by atoms with van der Waals surface area (Å²) in [5, 5.41) is 18.6. The minimum atomic E-state index is -0.442. The summed E-state index contributed by atoms with van der Waals surface area (Å²) >= 11 is 1.61. The van der Waals surface area contributed by atoms with Crippen molar-refractivity contribution in [2.75, 3.05) is 11.9 Å². The molecule has 0 bridgehead atoms. The van der Waals surface area contributed by atoms with E-state index < -0.39 is 4.92 Å². The maximum Gasteiger partial charge on any atom is 0.292 e. The summed E-state index contributed by atoms with van der Waals surface area (Å²) in [5.74, 6) is -0.0844. The Morgan fingerprint density at radius 2 is 2.09 bits per heavy atom. The maximum absolute atomic E-state index is 11.8. The van der Waals surface area contributed by atoms with Crippen LogP contribution in [0.5, 0.6) is 0 Å². The molecular formula is C15H17N3O3S. The van der Waals surface area contributed by atoms with Crippen molar-refractivity contribution in [3.05, 3.63) is 56.3 Å². The van der Waals surface area contributed by atoms with Crippen LogP contribution in [0.2, 0.25) is 0 Å². The minimum Gasteiger partial charge on any atom is -0.379 e. The van der Waals surface area contributed by atoms with Crippen LogP contribution < -0.4 is 10.6 Å². The highest BCUT2D eigenvalue weighted by molar-refractivity contribution is 7.10. The molecule has 2 aromatic rings. The van der Waals surface area contributed by atoms with E-state index in [1.807, 2.05) is 18.4 Å². The minimum absolute atomic E-state index is 0.0112. The quantitative estimate of drug-likeness (QED) is 0.607. The van der Waals surface area contributed by atoms with Gasteiger partial charge in [0.15, 0.2) is 0 Å². The number of anilines is 1. The Hall–Kier alpha value is -2.41. The van der Waals surface area contributed by atoms with Crippen LogP contribution in [0, 0.1) is 17.0 Å². The van der Waals surface area contributed by atoms with Crippen molar-refractivity contribution in [2.45, 2.75) is 19.9 Å². The molecular weight excluding hydrogens is 302 g/mol. The van der Waals surface area contributed by atoms with E-state index in [1.165, 1.54) is 11.6 Å². The van der Waals surface area contributed by atoms with E-state index in [0.717, 1.165) is 4.88 Å². The molecule has 7 heteroatoms. The first kappa shape index (κ1) is 16.0. The van der Waals surface area contributed by atoms with Crippen LogP contribution in [0.3, 0.4) is 0 Å². The molecule has 1 aromatic heterocycles. The summed E-state index contributed by atoms with van der Waals surface area (Å²) in [4.78, 5) is 23.3. The first-order valence-corrected chi connectivity index (χ1v) is 7.73. The Kier molecular flexibility index (Phi) is 5.48. The SMILES string of the molecule is Cc1ccsc1CNC(=O)CCNc1ccccc1[N+](=O)[O-]. The molecule has 0 atom stereocenters. The van der Waals surface area contributed by atoms with E-state index in [9.17, 15) is 14.9 Å². The number of rotatable bonds is 7. The number of nitro benzene ring substituents is 1. The van der Waals surface area contributed by atoms with Gasteiger partial charge in [0.1, 0.15) is 5.69 Å². The van der Waals surface area contributed by atoms with Gasteiger partial charge in [0.25, 0.3) is 5.69 Å². The summed E-state index contributed by atoms with van der Waals surface area (Å²) in [6, 6.07) is 8.41. The largest absolute Gasteiger partial charge is 0.379 e. The average Bonchev–Trinajstić information content (AvgIpc) is 2.91. The Balaban J connectivity index is 1.78. The first-order chi connectivity index (χ1) is 10.6. The van der Waals surface area contributed by atoms with Gasteiger partial charge in [0.05, 0.1) is 11.5 Å². The zero-order chi connectivity index (χ0) is 15.9. The number of hydrogen-bond acceptors (Lipinski definition) is 5. The fourth-order valence-electron chi connectivity index (χ4n) is 1.95. The fourth-order valence-corrected chi connectivity index (χ4v) is 2.79. The summed E-state index contributed by atoms with van der Waals surface area (Å²) in [6.07, 6.45) is 0.260. The molecule has 2 rings (SSSR count). The number of nitrogens with zero attached hydrogens (tertiary/aromatic N) is 1. The number of aryl methyl sites for hydroxylation is 1. The molecule has 1 heterocycles. The van der Waals surface area contributed by atoms with Gasteiger partial charge in [-0.05, 0) is 30.0 Å². The molecule has 0 saturated carbocycles. The van der Waals surface area contributed by atoms with Crippen LogP contribution in [0.25, 0.3) is 0 Å². The lowest BCUT2D eigenvalue weighted by molar-refractivity contribution is -0.384. The second-order valence-corrected chi connectivity index (χ2v) is 5.76. The molecule has 6 nitrogen and oxygen atoms in total. The normalized spacial score (nSPS) is 10.2.